The minimum Gasteiger partial charge on any atom is -0.339 e. The highest BCUT2D eigenvalue weighted by molar-refractivity contribution is 5.75. The van der Waals surface area contributed by atoms with Crippen molar-refractivity contribution in [3.63, 3.8) is 0 Å². The van der Waals surface area contributed by atoms with Crippen LogP contribution in [0.3, 0.4) is 0 Å². The van der Waals surface area contributed by atoms with Crippen LogP contribution in [0, 0.1) is 0 Å². The van der Waals surface area contributed by atoms with Crippen molar-refractivity contribution < 1.29 is 9.59 Å². The molecule has 0 radical (unpaired) electrons. The molecule has 88 valence electrons. The summed E-state index contributed by atoms with van der Waals surface area (Å²) in [5, 5.41) is 0. The third kappa shape index (κ3) is 5.40. The van der Waals surface area contributed by atoms with Crippen molar-refractivity contribution in [1.82, 2.24) is 9.80 Å². The van der Waals surface area contributed by atoms with E-state index in [4.69, 9.17) is 0 Å². The second-order valence-electron chi connectivity index (χ2n) is 3.72. The van der Waals surface area contributed by atoms with E-state index in [1.807, 2.05) is 0 Å². The van der Waals surface area contributed by atoms with Gasteiger partial charge in [0.2, 0.25) is 11.8 Å². The average Bonchev–Trinajstić information content (AvgIpc) is 2.19. The van der Waals surface area contributed by atoms with Crippen LogP contribution in [0.4, 0.5) is 0 Å². The minimum absolute atomic E-state index is 0.0956. The number of nitrogens with zero attached hydrogens (tertiary/aromatic N) is 2. The molecule has 0 aromatic heterocycles. The summed E-state index contributed by atoms with van der Waals surface area (Å²) in [4.78, 5) is 25.3. The van der Waals surface area contributed by atoms with Crippen molar-refractivity contribution >= 4 is 11.8 Å². The third-order valence-corrected chi connectivity index (χ3v) is 2.17. The Labute approximate surface area is 92.2 Å². The standard InChI is InChI=1S/C8H14N2O2.C3H8/c1-7(11)9-3-5-10(6-4-9)8(2)12;1-3-2/h3-6H2,1-2H3;3H2,1-2H3. The van der Waals surface area contributed by atoms with Gasteiger partial charge >= 0.3 is 0 Å². The van der Waals surface area contributed by atoms with Crippen molar-refractivity contribution in [2.45, 2.75) is 34.1 Å². The van der Waals surface area contributed by atoms with Crippen LogP contribution >= 0.6 is 0 Å². The molecule has 4 nitrogen and oxygen atoms in total. The Morgan fingerprint density at radius 1 is 0.867 bits per heavy atom. The minimum atomic E-state index is 0.0956. The Kier molecular flexibility index (Phi) is 6.75. The first-order valence-corrected chi connectivity index (χ1v) is 5.53. The van der Waals surface area contributed by atoms with E-state index >= 15 is 0 Å². The fourth-order valence-electron chi connectivity index (χ4n) is 1.34. The van der Waals surface area contributed by atoms with Crippen LogP contribution in [0.25, 0.3) is 0 Å². The van der Waals surface area contributed by atoms with E-state index in [9.17, 15) is 9.59 Å². The van der Waals surface area contributed by atoms with Gasteiger partial charge in [-0.2, -0.15) is 0 Å². The average molecular weight is 214 g/mol. The molecular formula is C11H22N2O2. The van der Waals surface area contributed by atoms with Gasteiger partial charge in [-0.1, -0.05) is 20.3 Å². The third-order valence-electron chi connectivity index (χ3n) is 2.17. The lowest BCUT2D eigenvalue weighted by atomic mass is 10.3. The van der Waals surface area contributed by atoms with Gasteiger partial charge in [0.25, 0.3) is 0 Å². The second-order valence-corrected chi connectivity index (χ2v) is 3.72. The molecule has 0 spiro atoms. The van der Waals surface area contributed by atoms with E-state index in [0.717, 1.165) is 0 Å². The lowest BCUT2D eigenvalue weighted by Gasteiger charge is -2.33. The highest BCUT2D eigenvalue weighted by Crippen LogP contribution is 2.01. The molecule has 15 heavy (non-hydrogen) atoms. The number of piperazine rings is 1. The second kappa shape index (κ2) is 7.26. The van der Waals surface area contributed by atoms with Crippen molar-refractivity contribution in [1.29, 1.82) is 0 Å². The molecule has 1 saturated heterocycles. The number of hydrogen-bond acceptors (Lipinski definition) is 2. The summed E-state index contributed by atoms with van der Waals surface area (Å²) in [7, 11) is 0. The van der Waals surface area contributed by atoms with Gasteiger partial charge in [-0.3, -0.25) is 9.59 Å². The molecule has 0 N–H and O–H groups in total. The molecule has 0 saturated carbocycles. The summed E-state index contributed by atoms with van der Waals surface area (Å²) >= 11 is 0. The van der Waals surface area contributed by atoms with Crippen LogP contribution in [0.2, 0.25) is 0 Å². The van der Waals surface area contributed by atoms with Gasteiger partial charge in [-0.15, -0.1) is 0 Å². The van der Waals surface area contributed by atoms with Crippen LogP contribution < -0.4 is 0 Å². The predicted molar refractivity (Wildman–Crippen MR) is 60.5 cm³/mol. The molecule has 1 aliphatic rings. The largest absolute Gasteiger partial charge is 0.339 e. The smallest absolute Gasteiger partial charge is 0.219 e. The van der Waals surface area contributed by atoms with E-state index < -0.39 is 0 Å². The van der Waals surface area contributed by atoms with Gasteiger partial charge in [-0.05, 0) is 0 Å². The summed E-state index contributed by atoms with van der Waals surface area (Å²) < 4.78 is 0. The summed E-state index contributed by atoms with van der Waals surface area (Å²) in [5.41, 5.74) is 0. The normalized spacial score (nSPS) is 15.5. The van der Waals surface area contributed by atoms with Crippen LogP contribution in [0.15, 0.2) is 0 Å². The lowest BCUT2D eigenvalue weighted by Crippen LogP contribution is -2.49. The Bertz CT molecular complexity index is 187. The van der Waals surface area contributed by atoms with E-state index in [0.29, 0.717) is 26.2 Å². The van der Waals surface area contributed by atoms with E-state index in [1.54, 1.807) is 23.6 Å². The zero-order chi connectivity index (χ0) is 11.8. The quantitative estimate of drug-likeness (QED) is 0.606. The molecule has 0 aromatic carbocycles. The molecule has 0 unspecified atom stereocenters. The highest BCUT2D eigenvalue weighted by atomic mass is 16.2. The molecule has 1 fully saturated rings. The van der Waals surface area contributed by atoms with E-state index in [-0.39, 0.29) is 11.8 Å². The van der Waals surface area contributed by atoms with Crippen molar-refractivity contribution in [3.05, 3.63) is 0 Å². The van der Waals surface area contributed by atoms with Gasteiger partial charge < -0.3 is 9.80 Å². The zero-order valence-electron chi connectivity index (χ0n) is 10.2. The number of carbonyl (C=O) groups excluding carboxylic acids is 2. The molecule has 4 heteroatoms. The Morgan fingerprint density at radius 2 is 1.07 bits per heavy atom. The Hall–Kier alpha value is -1.06. The van der Waals surface area contributed by atoms with Gasteiger partial charge in [0.15, 0.2) is 0 Å². The first-order chi connectivity index (χ1) is 7.02. The molecule has 1 rings (SSSR count). The van der Waals surface area contributed by atoms with Gasteiger partial charge in [0, 0.05) is 40.0 Å². The first kappa shape index (κ1) is 13.9. The van der Waals surface area contributed by atoms with E-state index in [2.05, 4.69) is 13.8 Å². The Morgan fingerprint density at radius 3 is 1.20 bits per heavy atom. The van der Waals surface area contributed by atoms with Gasteiger partial charge in [0.05, 0.1) is 0 Å². The number of amides is 2. The van der Waals surface area contributed by atoms with Crippen molar-refractivity contribution in [2.24, 2.45) is 0 Å². The van der Waals surface area contributed by atoms with Crippen LogP contribution in [0.1, 0.15) is 34.1 Å². The molecule has 1 heterocycles. The molecular weight excluding hydrogens is 192 g/mol. The number of carbonyl (C=O) groups is 2. The number of rotatable bonds is 0. The number of hydrogen-bond donors (Lipinski definition) is 0. The highest BCUT2D eigenvalue weighted by Gasteiger charge is 2.19. The van der Waals surface area contributed by atoms with Gasteiger partial charge in [-0.25, -0.2) is 0 Å². The predicted octanol–water partition coefficient (Wildman–Crippen LogP) is 1.11. The zero-order valence-corrected chi connectivity index (χ0v) is 10.2. The van der Waals surface area contributed by atoms with Gasteiger partial charge in [0.1, 0.15) is 0 Å². The molecule has 0 atom stereocenters. The summed E-state index contributed by atoms with van der Waals surface area (Å²) in [5.74, 6) is 0.191. The van der Waals surface area contributed by atoms with Crippen LogP contribution in [-0.4, -0.2) is 47.8 Å². The maximum atomic E-state index is 10.9. The topological polar surface area (TPSA) is 40.6 Å². The maximum Gasteiger partial charge on any atom is 0.219 e. The maximum absolute atomic E-state index is 10.9. The molecule has 0 bridgehead atoms. The summed E-state index contributed by atoms with van der Waals surface area (Å²) in [6.45, 7) is 10.1. The summed E-state index contributed by atoms with van der Waals surface area (Å²) in [6, 6.07) is 0. The molecule has 2 amide bonds. The Balaban J connectivity index is 0.000000583. The van der Waals surface area contributed by atoms with Crippen molar-refractivity contribution in [2.75, 3.05) is 26.2 Å². The van der Waals surface area contributed by atoms with Crippen LogP contribution in [-0.2, 0) is 9.59 Å². The summed E-state index contributed by atoms with van der Waals surface area (Å²) in [6.07, 6.45) is 1.25. The van der Waals surface area contributed by atoms with E-state index in [1.165, 1.54) is 6.42 Å². The fraction of sp³-hybridized carbons (Fsp3) is 0.818. The molecule has 0 aliphatic carbocycles. The molecule has 0 aromatic rings. The molecule has 1 aliphatic heterocycles. The van der Waals surface area contributed by atoms with Crippen LogP contribution in [0.5, 0.6) is 0 Å². The first-order valence-electron chi connectivity index (χ1n) is 5.53. The van der Waals surface area contributed by atoms with Crippen molar-refractivity contribution in [3.8, 4) is 0 Å². The monoisotopic (exact) mass is 214 g/mol. The fourth-order valence-corrected chi connectivity index (χ4v) is 1.34. The SMILES string of the molecule is CC(=O)N1CCN(C(C)=O)CC1.CCC. The lowest BCUT2D eigenvalue weighted by molar-refractivity contribution is -0.137.